The lowest BCUT2D eigenvalue weighted by Gasteiger charge is -2.27. The van der Waals surface area contributed by atoms with Crippen molar-refractivity contribution in [3.8, 4) is 10.6 Å². The summed E-state index contributed by atoms with van der Waals surface area (Å²) in [5.41, 5.74) is 6.85. The molecule has 2 amide bonds. The first-order chi connectivity index (χ1) is 11.0. The van der Waals surface area contributed by atoms with Crippen molar-refractivity contribution < 1.29 is 9.59 Å². The van der Waals surface area contributed by atoms with Gasteiger partial charge in [-0.25, -0.2) is 4.98 Å². The lowest BCUT2D eigenvalue weighted by Crippen LogP contribution is -2.44. The molecule has 23 heavy (non-hydrogen) atoms. The summed E-state index contributed by atoms with van der Waals surface area (Å²) in [5.74, 6) is -0.569. The van der Waals surface area contributed by atoms with Crippen LogP contribution in [0.2, 0.25) is 0 Å². The molecular weight excluding hydrogens is 330 g/mol. The number of thiazole rings is 1. The number of rotatable bonds is 5. The van der Waals surface area contributed by atoms with Gasteiger partial charge in [-0.05, 0) is 25.8 Å². The Kier molecular flexibility index (Phi) is 4.77. The van der Waals surface area contributed by atoms with E-state index in [1.807, 2.05) is 23.8 Å². The fourth-order valence-electron chi connectivity index (χ4n) is 2.98. The monoisotopic (exact) mass is 349 g/mol. The number of aryl methyl sites for hydroxylation is 1. The van der Waals surface area contributed by atoms with Gasteiger partial charge in [0, 0.05) is 16.8 Å². The number of thiophene rings is 1. The lowest BCUT2D eigenvalue weighted by atomic mass is 10.1. The van der Waals surface area contributed by atoms with E-state index in [2.05, 4.69) is 4.98 Å². The first kappa shape index (κ1) is 16.1. The molecule has 2 aromatic heterocycles. The largest absolute Gasteiger partial charge is 0.368 e. The van der Waals surface area contributed by atoms with Crippen molar-refractivity contribution in [3.05, 3.63) is 27.4 Å². The van der Waals surface area contributed by atoms with Gasteiger partial charge in [0.25, 0.3) is 5.91 Å². The molecule has 7 heteroatoms. The Hall–Kier alpha value is -1.73. The Balaban J connectivity index is 1.82. The van der Waals surface area contributed by atoms with Crippen LogP contribution in [0.4, 0.5) is 0 Å². The highest BCUT2D eigenvalue weighted by Gasteiger charge is 2.29. The van der Waals surface area contributed by atoms with Crippen LogP contribution >= 0.6 is 22.7 Å². The second-order valence-electron chi connectivity index (χ2n) is 5.79. The average Bonchev–Trinajstić information content (AvgIpc) is 3.24. The van der Waals surface area contributed by atoms with E-state index < -0.39 is 5.91 Å². The maximum Gasteiger partial charge on any atom is 0.255 e. The van der Waals surface area contributed by atoms with Gasteiger partial charge in [-0.3, -0.25) is 9.59 Å². The van der Waals surface area contributed by atoms with Crippen molar-refractivity contribution in [3.63, 3.8) is 0 Å². The fourth-order valence-corrected chi connectivity index (χ4v) is 4.51. The van der Waals surface area contributed by atoms with Crippen LogP contribution in [0.1, 0.15) is 41.0 Å². The molecule has 1 saturated carbocycles. The molecule has 0 spiro atoms. The van der Waals surface area contributed by atoms with E-state index in [0.717, 1.165) is 41.3 Å². The van der Waals surface area contributed by atoms with Crippen LogP contribution in [-0.2, 0) is 4.79 Å². The summed E-state index contributed by atoms with van der Waals surface area (Å²) >= 11 is 3.09. The molecule has 1 aliphatic carbocycles. The highest BCUT2D eigenvalue weighted by Crippen LogP contribution is 2.30. The number of aromatic nitrogens is 1. The zero-order chi connectivity index (χ0) is 16.4. The molecule has 1 aliphatic rings. The SMILES string of the molecule is Cc1nc(-c2cc(C(=O)N(CC(N)=O)C3CCCC3)cs2)cs1. The van der Waals surface area contributed by atoms with E-state index in [0.29, 0.717) is 5.56 Å². The number of nitrogens with two attached hydrogens (primary N) is 1. The molecule has 0 saturated heterocycles. The molecule has 2 heterocycles. The molecule has 3 rings (SSSR count). The summed E-state index contributed by atoms with van der Waals surface area (Å²) in [5, 5.41) is 4.84. The molecule has 0 unspecified atom stereocenters. The first-order valence-corrected chi connectivity index (χ1v) is 9.41. The predicted molar refractivity (Wildman–Crippen MR) is 92.7 cm³/mol. The van der Waals surface area contributed by atoms with Crippen molar-refractivity contribution in [1.29, 1.82) is 0 Å². The summed E-state index contributed by atoms with van der Waals surface area (Å²) in [6.07, 6.45) is 4.09. The molecule has 2 aromatic rings. The minimum Gasteiger partial charge on any atom is -0.368 e. The van der Waals surface area contributed by atoms with Gasteiger partial charge in [-0.1, -0.05) is 12.8 Å². The predicted octanol–water partition coefficient (Wildman–Crippen LogP) is 3.05. The number of hydrogen-bond donors (Lipinski definition) is 1. The zero-order valence-corrected chi connectivity index (χ0v) is 14.6. The van der Waals surface area contributed by atoms with Crippen molar-refractivity contribution in [2.75, 3.05) is 6.54 Å². The Morgan fingerprint density at radius 3 is 2.65 bits per heavy atom. The smallest absolute Gasteiger partial charge is 0.255 e. The van der Waals surface area contributed by atoms with Gasteiger partial charge in [-0.15, -0.1) is 22.7 Å². The maximum atomic E-state index is 12.8. The highest BCUT2D eigenvalue weighted by molar-refractivity contribution is 7.14. The Labute approximate surface area is 143 Å². The highest BCUT2D eigenvalue weighted by atomic mass is 32.1. The van der Waals surface area contributed by atoms with E-state index in [1.165, 1.54) is 11.3 Å². The Morgan fingerprint density at radius 1 is 1.30 bits per heavy atom. The molecular formula is C16H19N3O2S2. The fraction of sp³-hybridized carbons (Fsp3) is 0.438. The number of carbonyl (C=O) groups is 2. The zero-order valence-electron chi connectivity index (χ0n) is 12.9. The van der Waals surface area contributed by atoms with Crippen molar-refractivity contribution in [1.82, 2.24) is 9.88 Å². The van der Waals surface area contributed by atoms with Crippen LogP contribution in [0.15, 0.2) is 16.8 Å². The van der Waals surface area contributed by atoms with Crippen LogP contribution < -0.4 is 5.73 Å². The number of hydrogen-bond acceptors (Lipinski definition) is 5. The van der Waals surface area contributed by atoms with Crippen molar-refractivity contribution in [2.24, 2.45) is 5.73 Å². The summed E-state index contributed by atoms with van der Waals surface area (Å²) in [7, 11) is 0. The third-order valence-electron chi connectivity index (χ3n) is 4.07. The van der Waals surface area contributed by atoms with E-state index in [9.17, 15) is 9.59 Å². The standard InChI is InChI=1S/C16H19N3O2S2/c1-10-18-13(9-22-10)14-6-11(8-23-14)16(21)19(7-15(17)20)12-4-2-3-5-12/h6,8-9,12H,2-5,7H2,1H3,(H2,17,20). The average molecular weight is 349 g/mol. The van der Waals surface area contributed by atoms with Crippen LogP contribution in [0.25, 0.3) is 10.6 Å². The van der Waals surface area contributed by atoms with Crippen LogP contribution in [-0.4, -0.2) is 34.3 Å². The molecule has 2 N–H and O–H groups in total. The van der Waals surface area contributed by atoms with E-state index in [1.54, 1.807) is 16.2 Å². The van der Waals surface area contributed by atoms with E-state index in [4.69, 9.17) is 5.73 Å². The minimum atomic E-state index is -0.462. The summed E-state index contributed by atoms with van der Waals surface area (Å²) in [6.45, 7) is 1.95. The van der Waals surface area contributed by atoms with Crippen LogP contribution in [0.3, 0.4) is 0 Å². The van der Waals surface area contributed by atoms with Crippen molar-refractivity contribution in [2.45, 2.75) is 38.6 Å². The molecule has 5 nitrogen and oxygen atoms in total. The van der Waals surface area contributed by atoms with Gasteiger partial charge in [0.1, 0.15) is 0 Å². The number of amides is 2. The molecule has 0 radical (unpaired) electrons. The van der Waals surface area contributed by atoms with Gasteiger partial charge in [-0.2, -0.15) is 0 Å². The van der Waals surface area contributed by atoms with E-state index in [-0.39, 0.29) is 18.5 Å². The second kappa shape index (κ2) is 6.80. The second-order valence-corrected chi connectivity index (χ2v) is 7.76. The molecule has 122 valence electrons. The van der Waals surface area contributed by atoms with Gasteiger partial charge in [0.05, 0.1) is 27.7 Å². The van der Waals surface area contributed by atoms with Gasteiger partial charge in [0.15, 0.2) is 0 Å². The number of nitrogens with zero attached hydrogens (tertiary/aromatic N) is 2. The van der Waals surface area contributed by atoms with E-state index >= 15 is 0 Å². The summed E-state index contributed by atoms with van der Waals surface area (Å²) in [6, 6.07) is 1.99. The van der Waals surface area contributed by atoms with Crippen molar-refractivity contribution >= 4 is 34.5 Å². The molecule has 1 fully saturated rings. The molecule has 0 atom stereocenters. The number of primary amides is 1. The summed E-state index contributed by atoms with van der Waals surface area (Å²) in [4.78, 5) is 31.3. The van der Waals surface area contributed by atoms with Gasteiger partial charge < -0.3 is 10.6 Å². The lowest BCUT2D eigenvalue weighted by molar-refractivity contribution is -0.119. The van der Waals surface area contributed by atoms with Gasteiger partial charge >= 0.3 is 0 Å². The van der Waals surface area contributed by atoms with Crippen LogP contribution in [0, 0.1) is 6.92 Å². The third kappa shape index (κ3) is 3.61. The topological polar surface area (TPSA) is 76.3 Å². The molecule has 0 aliphatic heterocycles. The molecule has 0 bridgehead atoms. The third-order valence-corrected chi connectivity index (χ3v) is 5.80. The minimum absolute atomic E-state index is 0.00944. The quantitative estimate of drug-likeness (QED) is 0.901. The van der Waals surface area contributed by atoms with Gasteiger partial charge in [0.2, 0.25) is 5.91 Å². The normalized spacial score (nSPS) is 15.0. The Morgan fingerprint density at radius 2 is 2.04 bits per heavy atom. The maximum absolute atomic E-state index is 12.8. The summed E-state index contributed by atoms with van der Waals surface area (Å²) < 4.78 is 0. The van der Waals surface area contributed by atoms with Crippen LogP contribution in [0.5, 0.6) is 0 Å². The first-order valence-electron chi connectivity index (χ1n) is 7.65. The molecule has 0 aromatic carbocycles. The number of carbonyl (C=O) groups excluding carboxylic acids is 2. The Bertz CT molecular complexity index is 716.